The zero-order valence-corrected chi connectivity index (χ0v) is 5.20. The van der Waals surface area contributed by atoms with E-state index in [9.17, 15) is 0 Å². The maximum atomic E-state index is 8.46. The second-order valence-electron chi connectivity index (χ2n) is 0.0816. The van der Waals surface area contributed by atoms with Crippen molar-refractivity contribution in [2.45, 2.75) is 0 Å². The molecule has 0 bridgehead atoms. The van der Waals surface area contributed by atoms with Gasteiger partial charge in [0.1, 0.15) is 0 Å². The highest BCUT2D eigenvalue weighted by Gasteiger charge is 1.28. The fraction of sp³-hybridized carbons (Fsp3) is 0. The van der Waals surface area contributed by atoms with E-state index in [1.165, 1.54) is 0 Å². The monoisotopic (exact) mass is 198 g/mol. The second-order valence-corrected chi connectivity index (χ2v) is 0.245. The largest absolute Gasteiger partial charge is 0.412 e. The lowest BCUT2D eigenvalue weighted by molar-refractivity contribution is 0.524. The minimum Gasteiger partial charge on any atom is -0.412 e. The van der Waals surface area contributed by atoms with Crippen LogP contribution in [-0.4, -0.2) is 60.8 Å². The van der Waals surface area contributed by atoms with Crippen LogP contribution < -0.4 is 0 Å². The third-order valence-corrected chi connectivity index (χ3v) is 0. The quantitative estimate of drug-likeness (QED) is 0.296. The summed E-state index contributed by atoms with van der Waals surface area (Å²) in [7, 11) is -0.833. The Balaban J connectivity index is -0.000000000952. The highest BCUT2D eigenvalue weighted by atomic mass is 31.1. The van der Waals surface area contributed by atoms with Crippen LogP contribution >= 0.6 is 8.69 Å². The maximum absolute atomic E-state index is 8.46. The molecule has 0 amide bonds. The Kier molecular flexibility index (Phi) is 4090. The molecule has 70 valence electrons. The van der Waals surface area contributed by atoms with E-state index in [2.05, 4.69) is 0 Å². The molecule has 0 aliphatic heterocycles. The zero-order valence-electron chi connectivity index (χ0n) is 4.30. The van der Waals surface area contributed by atoms with E-state index in [-0.39, 0.29) is 55.9 Å². The van der Waals surface area contributed by atoms with Crippen LogP contribution in [0.15, 0.2) is 0 Å². The van der Waals surface area contributed by atoms with E-state index in [0.717, 1.165) is 0 Å². The van der Waals surface area contributed by atoms with Crippen LogP contribution in [0.5, 0.6) is 0 Å². The fourth-order valence-corrected chi connectivity index (χ4v) is 0. The van der Waals surface area contributed by atoms with Crippen LogP contribution in [0.25, 0.3) is 0 Å². The predicted octanol–water partition coefficient (Wildman–Crippen LogP) is -5.68. The number of hydrogen-bond acceptors (Lipinski definition) is 1. The summed E-state index contributed by atoms with van der Waals surface area (Å²) in [4.78, 5) is 6.99. The molecule has 0 atom stereocenters. The number of rotatable bonds is 0. The molecule has 0 fully saturated rings. The van der Waals surface area contributed by atoms with Crippen LogP contribution in [0.2, 0.25) is 0 Å². The van der Waals surface area contributed by atoms with Gasteiger partial charge in [0.2, 0.25) is 0 Å². The third kappa shape index (κ3) is 1440. The molecule has 0 rings (SSSR count). The molecule has 0 aromatic heterocycles. The van der Waals surface area contributed by atoms with Gasteiger partial charge in [0, 0.05) is 0 Å². The first-order chi connectivity index (χ1) is 1.41. The topological polar surface area (TPSA) is 226 Å². The molecule has 10 heavy (non-hydrogen) atoms. The smallest absolute Gasteiger partial charge is 0.324 e. The molecule has 0 aromatic carbocycles. The van der Waals surface area contributed by atoms with E-state index in [1.54, 1.807) is 0 Å². The Morgan fingerprint density at radius 3 is 0.800 bits per heavy atom. The van der Waals surface area contributed by atoms with Crippen molar-refractivity contribution in [2.75, 3.05) is 0 Å². The van der Waals surface area contributed by atoms with Gasteiger partial charge in [-0.2, -0.15) is 0 Å². The van der Waals surface area contributed by atoms with Gasteiger partial charge in [0.15, 0.2) is 0 Å². The van der Waals surface area contributed by atoms with Gasteiger partial charge in [0.25, 0.3) is 0 Å². The Morgan fingerprint density at radius 2 is 0.800 bits per heavy atom. The van der Waals surface area contributed by atoms with Crippen molar-refractivity contribution >= 4 is 31.7 Å². The summed E-state index contributed by atoms with van der Waals surface area (Å²) in [6.07, 6.45) is 0. The molecule has 0 radical (unpaired) electrons. The lowest BCUT2D eigenvalue weighted by Gasteiger charge is -1.24. The van der Waals surface area contributed by atoms with Gasteiger partial charge in [-0.25, -0.2) is 4.57 Å². The van der Waals surface area contributed by atoms with Crippen LogP contribution in [0.4, 0.5) is 0 Å². The average Bonchev–Trinajstić information content (AvgIpc) is 0.918. The van der Waals surface area contributed by atoms with Gasteiger partial charge >= 0.3 is 31.7 Å². The van der Waals surface area contributed by atoms with Gasteiger partial charge < -0.3 is 37.8 Å². The standard InChI is InChI=1S/Mg.HO2P.6H2O.2H/c;1-3-2;;;;;;;;/h;(H,1,2);6*1H2;;. The SMILES string of the molecule is O.O.O.O.O.O.O=PO.[MgH2]. The summed E-state index contributed by atoms with van der Waals surface area (Å²) < 4.78 is 8.46. The molecule has 10 heteroatoms. The fourth-order valence-electron chi connectivity index (χ4n) is 0. The molecular weight excluding hydrogens is 183 g/mol. The summed E-state index contributed by atoms with van der Waals surface area (Å²) in [5.41, 5.74) is 0. The molecule has 0 aliphatic rings. The van der Waals surface area contributed by atoms with Crippen molar-refractivity contribution in [3.63, 3.8) is 0 Å². The molecule has 13 N–H and O–H groups in total. The minimum absolute atomic E-state index is 0. The lowest BCUT2D eigenvalue weighted by Crippen LogP contribution is -1.03. The summed E-state index contributed by atoms with van der Waals surface area (Å²) >= 11 is 0. The highest BCUT2D eigenvalue weighted by Crippen LogP contribution is 1.66. The van der Waals surface area contributed by atoms with E-state index in [4.69, 9.17) is 9.46 Å². The van der Waals surface area contributed by atoms with Crippen LogP contribution in [0.3, 0.4) is 0 Å². The van der Waals surface area contributed by atoms with Crippen LogP contribution in [0, 0.1) is 0 Å². The van der Waals surface area contributed by atoms with Crippen molar-refractivity contribution in [1.82, 2.24) is 0 Å². The molecule has 0 aromatic rings. The number of hydrogen-bond donors (Lipinski definition) is 1. The van der Waals surface area contributed by atoms with E-state index in [0.29, 0.717) is 0 Å². The second kappa shape index (κ2) is 281. The average molecular weight is 198 g/mol. The molecule has 0 saturated carbocycles. The first-order valence-electron chi connectivity index (χ1n) is 0.383. The third-order valence-electron chi connectivity index (χ3n) is 0. The Morgan fingerprint density at radius 1 is 0.800 bits per heavy atom. The summed E-state index contributed by atoms with van der Waals surface area (Å²) in [5.74, 6) is 0. The van der Waals surface area contributed by atoms with Crippen molar-refractivity contribution < 1.29 is 42.3 Å². The van der Waals surface area contributed by atoms with Gasteiger partial charge in [-0.15, -0.1) is 0 Å². The predicted molar refractivity (Wildman–Crippen MR) is 40.1 cm³/mol. The zero-order chi connectivity index (χ0) is 2.71. The molecule has 0 spiro atoms. The molecule has 0 aliphatic carbocycles. The van der Waals surface area contributed by atoms with Gasteiger partial charge in [-0.3, -0.25) is 0 Å². The van der Waals surface area contributed by atoms with E-state index >= 15 is 0 Å². The van der Waals surface area contributed by atoms with Crippen molar-refractivity contribution in [3.8, 4) is 0 Å². The van der Waals surface area contributed by atoms with E-state index in [1.807, 2.05) is 0 Å². The van der Waals surface area contributed by atoms with Crippen molar-refractivity contribution in [1.29, 1.82) is 0 Å². The molecule has 0 unspecified atom stereocenters. The Labute approximate surface area is 74.5 Å². The summed E-state index contributed by atoms with van der Waals surface area (Å²) in [6, 6.07) is 0. The molecule has 0 saturated heterocycles. The normalized spacial score (nSPS) is 2.10. The summed E-state index contributed by atoms with van der Waals surface area (Å²) in [5, 5.41) is 0. The van der Waals surface area contributed by atoms with Crippen LogP contribution in [-0.2, 0) is 4.57 Å². The highest BCUT2D eigenvalue weighted by molar-refractivity contribution is 7.16. The molecule has 0 heterocycles. The molecular formula is H15MgO8P. The van der Waals surface area contributed by atoms with Gasteiger partial charge in [-0.05, 0) is 0 Å². The summed E-state index contributed by atoms with van der Waals surface area (Å²) in [6.45, 7) is 0. The Hall–Kier alpha value is 0.586. The van der Waals surface area contributed by atoms with Crippen LogP contribution in [0.1, 0.15) is 0 Å². The lowest BCUT2D eigenvalue weighted by atomic mass is 15.9. The maximum Gasteiger partial charge on any atom is 0.324 e. The van der Waals surface area contributed by atoms with E-state index < -0.39 is 8.69 Å². The molecule has 8 nitrogen and oxygen atoms in total. The first kappa shape index (κ1) is 145. The van der Waals surface area contributed by atoms with Gasteiger partial charge in [0.05, 0.1) is 0 Å². The Bertz CT molecular complexity index is 16.7. The first-order valence-corrected chi connectivity index (χ1v) is 1.15. The van der Waals surface area contributed by atoms with Crippen molar-refractivity contribution in [2.24, 2.45) is 0 Å². The minimum atomic E-state index is -0.833. The van der Waals surface area contributed by atoms with Gasteiger partial charge in [-0.1, -0.05) is 0 Å². The van der Waals surface area contributed by atoms with Crippen molar-refractivity contribution in [3.05, 3.63) is 0 Å².